The largest absolute Gasteiger partial charge is 0.328 e. The van der Waals surface area contributed by atoms with Crippen molar-refractivity contribution in [1.29, 1.82) is 0 Å². The summed E-state index contributed by atoms with van der Waals surface area (Å²) in [7, 11) is 0. The molecule has 2 amide bonds. The molecule has 2 aliphatic heterocycles. The molecule has 2 aliphatic rings. The first-order valence-corrected chi connectivity index (χ1v) is 6.29. The highest BCUT2D eigenvalue weighted by molar-refractivity contribution is 5.75. The van der Waals surface area contributed by atoms with E-state index < -0.39 is 0 Å². The van der Waals surface area contributed by atoms with Crippen molar-refractivity contribution in [3.63, 3.8) is 0 Å². The van der Waals surface area contributed by atoms with Gasteiger partial charge in [-0.3, -0.25) is 0 Å². The first-order chi connectivity index (χ1) is 7.83. The van der Waals surface area contributed by atoms with Crippen LogP contribution in [0.4, 0.5) is 4.79 Å². The average molecular weight is 226 g/mol. The van der Waals surface area contributed by atoms with Crippen molar-refractivity contribution in [2.75, 3.05) is 39.3 Å². The number of hydrogen-bond donors (Lipinski definition) is 2. The summed E-state index contributed by atoms with van der Waals surface area (Å²) in [4.78, 5) is 16.2. The molecular formula is C11H22N4O. The van der Waals surface area contributed by atoms with Crippen molar-refractivity contribution < 1.29 is 4.79 Å². The molecular weight excluding hydrogens is 204 g/mol. The van der Waals surface area contributed by atoms with Gasteiger partial charge in [-0.05, 0) is 19.3 Å². The van der Waals surface area contributed by atoms with Crippen molar-refractivity contribution in [1.82, 2.24) is 15.1 Å². The van der Waals surface area contributed by atoms with Crippen molar-refractivity contribution in [2.24, 2.45) is 5.73 Å². The molecule has 0 saturated carbocycles. The Balaban J connectivity index is 1.95. The number of carbonyl (C=O) groups is 1. The van der Waals surface area contributed by atoms with Crippen LogP contribution in [0, 0.1) is 0 Å². The first kappa shape index (κ1) is 11.7. The van der Waals surface area contributed by atoms with E-state index in [-0.39, 0.29) is 12.1 Å². The Hall–Kier alpha value is -0.810. The smallest absolute Gasteiger partial charge is 0.320 e. The van der Waals surface area contributed by atoms with Crippen molar-refractivity contribution in [3.05, 3.63) is 0 Å². The number of urea groups is 1. The number of carbonyl (C=O) groups excluding carboxylic acids is 1. The molecule has 2 rings (SSSR count). The number of nitrogens with two attached hydrogens (primary N) is 1. The lowest BCUT2D eigenvalue weighted by atomic mass is 10.1. The summed E-state index contributed by atoms with van der Waals surface area (Å²) >= 11 is 0. The van der Waals surface area contributed by atoms with Crippen molar-refractivity contribution in [3.8, 4) is 0 Å². The summed E-state index contributed by atoms with van der Waals surface area (Å²) in [6.45, 7) is 4.88. The van der Waals surface area contributed by atoms with E-state index >= 15 is 0 Å². The minimum Gasteiger partial charge on any atom is -0.328 e. The van der Waals surface area contributed by atoms with Crippen LogP contribution in [0.25, 0.3) is 0 Å². The normalized spacial score (nSPS) is 26.9. The maximum absolute atomic E-state index is 12.3. The van der Waals surface area contributed by atoms with Gasteiger partial charge in [0.05, 0.1) is 6.04 Å². The number of rotatable bonds is 1. The quantitative estimate of drug-likeness (QED) is 0.652. The molecule has 5 heteroatoms. The molecule has 0 aromatic heterocycles. The number of nitrogens with zero attached hydrogens (tertiary/aromatic N) is 2. The van der Waals surface area contributed by atoms with Crippen molar-refractivity contribution >= 4 is 6.03 Å². The molecule has 2 heterocycles. The fourth-order valence-electron chi connectivity index (χ4n) is 2.49. The monoisotopic (exact) mass is 226 g/mol. The van der Waals surface area contributed by atoms with E-state index in [1.807, 2.05) is 9.80 Å². The lowest BCUT2D eigenvalue weighted by Crippen LogP contribution is -2.59. The zero-order valence-electron chi connectivity index (χ0n) is 9.82. The lowest BCUT2D eigenvalue weighted by Gasteiger charge is -2.40. The number of piperazine rings is 1. The van der Waals surface area contributed by atoms with Gasteiger partial charge in [0.2, 0.25) is 0 Å². The zero-order valence-corrected chi connectivity index (χ0v) is 9.82. The van der Waals surface area contributed by atoms with E-state index in [9.17, 15) is 4.79 Å². The SMILES string of the molecule is NCC1CNCCN1C(=O)N1CCCCC1. The van der Waals surface area contributed by atoms with Crippen LogP contribution in [0.2, 0.25) is 0 Å². The predicted molar refractivity (Wildman–Crippen MR) is 63.2 cm³/mol. The fraction of sp³-hybridized carbons (Fsp3) is 0.909. The van der Waals surface area contributed by atoms with E-state index in [1.165, 1.54) is 6.42 Å². The second-order valence-corrected chi connectivity index (χ2v) is 4.62. The maximum atomic E-state index is 12.3. The van der Waals surface area contributed by atoms with Gasteiger partial charge in [-0.25, -0.2) is 4.79 Å². The minimum absolute atomic E-state index is 0.170. The van der Waals surface area contributed by atoms with Crippen LogP contribution in [0.3, 0.4) is 0 Å². The van der Waals surface area contributed by atoms with Gasteiger partial charge in [-0.1, -0.05) is 0 Å². The van der Waals surface area contributed by atoms with Crippen LogP contribution in [0.15, 0.2) is 0 Å². The number of likely N-dealkylation sites (tertiary alicyclic amines) is 1. The molecule has 0 aromatic carbocycles. The molecule has 2 fully saturated rings. The minimum atomic E-state index is 0.170. The van der Waals surface area contributed by atoms with E-state index in [1.54, 1.807) is 0 Å². The second-order valence-electron chi connectivity index (χ2n) is 4.62. The molecule has 0 radical (unpaired) electrons. The van der Waals surface area contributed by atoms with Gasteiger partial charge in [0.1, 0.15) is 0 Å². The highest BCUT2D eigenvalue weighted by Gasteiger charge is 2.29. The Morgan fingerprint density at radius 2 is 2.00 bits per heavy atom. The molecule has 1 atom stereocenters. The van der Waals surface area contributed by atoms with Crippen LogP contribution in [0.1, 0.15) is 19.3 Å². The standard InChI is InChI=1S/C11H22N4O/c12-8-10-9-13-4-7-15(10)11(16)14-5-2-1-3-6-14/h10,13H,1-9,12H2. The Labute approximate surface area is 96.9 Å². The maximum Gasteiger partial charge on any atom is 0.320 e. The van der Waals surface area contributed by atoms with Crippen LogP contribution >= 0.6 is 0 Å². The van der Waals surface area contributed by atoms with Crippen LogP contribution in [-0.2, 0) is 0 Å². The zero-order chi connectivity index (χ0) is 11.4. The molecule has 5 nitrogen and oxygen atoms in total. The molecule has 3 N–H and O–H groups in total. The highest BCUT2D eigenvalue weighted by atomic mass is 16.2. The summed E-state index contributed by atoms with van der Waals surface area (Å²) in [6.07, 6.45) is 3.54. The molecule has 16 heavy (non-hydrogen) atoms. The van der Waals surface area contributed by atoms with E-state index in [2.05, 4.69) is 5.32 Å². The molecule has 0 aliphatic carbocycles. The number of nitrogens with one attached hydrogen (secondary N) is 1. The van der Waals surface area contributed by atoms with E-state index in [4.69, 9.17) is 5.73 Å². The van der Waals surface area contributed by atoms with Crippen LogP contribution < -0.4 is 11.1 Å². The van der Waals surface area contributed by atoms with Gasteiger partial charge in [0.15, 0.2) is 0 Å². The highest BCUT2D eigenvalue weighted by Crippen LogP contribution is 2.13. The lowest BCUT2D eigenvalue weighted by molar-refractivity contribution is 0.116. The Morgan fingerprint density at radius 3 is 2.69 bits per heavy atom. The molecule has 0 aromatic rings. The molecule has 0 bridgehead atoms. The average Bonchev–Trinajstić information content (AvgIpc) is 2.39. The topological polar surface area (TPSA) is 61.6 Å². The number of amides is 2. The van der Waals surface area contributed by atoms with Gasteiger partial charge >= 0.3 is 6.03 Å². The summed E-state index contributed by atoms with van der Waals surface area (Å²) in [5, 5.41) is 3.28. The number of piperidine rings is 1. The van der Waals surface area contributed by atoms with Gasteiger partial charge in [0.25, 0.3) is 0 Å². The predicted octanol–water partition coefficient (Wildman–Crippen LogP) is -0.175. The third-order valence-electron chi connectivity index (χ3n) is 3.49. The first-order valence-electron chi connectivity index (χ1n) is 6.29. The van der Waals surface area contributed by atoms with Gasteiger partial charge in [-0.2, -0.15) is 0 Å². The summed E-state index contributed by atoms with van der Waals surface area (Å²) in [6, 6.07) is 0.361. The summed E-state index contributed by atoms with van der Waals surface area (Å²) in [5.74, 6) is 0. The van der Waals surface area contributed by atoms with Gasteiger partial charge in [0, 0.05) is 39.3 Å². The fourth-order valence-corrected chi connectivity index (χ4v) is 2.49. The van der Waals surface area contributed by atoms with Crippen LogP contribution in [-0.4, -0.2) is 61.1 Å². The summed E-state index contributed by atoms with van der Waals surface area (Å²) in [5.41, 5.74) is 5.71. The van der Waals surface area contributed by atoms with E-state index in [0.717, 1.165) is 45.6 Å². The Bertz CT molecular complexity index is 240. The Kier molecular flexibility index (Phi) is 4.01. The van der Waals surface area contributed by atoms with Gasteiger partial charge in [-0.15, -0.1) is 0 Å². The molecule has 2 saturated heterocycles. The third kappa shape index (κ3) is 2.47. The molecule has 0 spiro atoms. The van der Waals surface area contributed by atoms with Gasteiger partial charge < -0.3 is 20.9 Å². The summed E-state index contributed by atoms with van der Waals surface area (Å²) < 4.78 is 0. The molecule has 1 unspecified atom stereocenters. The van der Waals surface area contributed by atoms with E-state index in [0.29, 0.717) is 6.54 Å². The van der Waals surface area contributed by atoms with Crippen molar-refractivity contribution in [2.45, 2.75) is 25.3 Å². The Morgan fingerprint density at radius 1 is 1.25 bits per heavy atom. The van der Waals surface area contributed by atoms with Crippen LogP contribution in [0.5, 0.6) is 0 Å². The third-order valence-corrected chi connectivity index (χ3v) is 3.49. The second kappa shape index (κ2) is 5.50. The molecule has 92 valence electrons. The number of hydrogen-bond acceptors (Lipinski definition) is 3.